The standard InChI is InChI=1S/C14H11N3O2S2/c1-8-10-12(20-6-9-4-2-3-5-15-9)16-7-17-13(10)21-11(8)14(18)19/h2-5,7H,6H2,1H3,(H,18,19). The van der Waals surface area contributed by atoms with Crippen molar-refractivity contribution in [1.82, 2.24) is 15.0 Å². The van der Waals surface area contributed by atoms with E-state index in [0.29, 0.717) is 15.5 Å². The Kier molecular flexibility index (Phi) is 3.85. The van der Waals surface area contributed by atoms with E-state index in [0.717, 1.165) is 21.7 Å². The zero-order valence-electron chi connectivity index (χ0n) is 11.1. The Morgan fingerprint density at radius 1 is 1.33 bits per heavy atom. The van der Waals surface area contributed by atoms with Gasteiger partial charge < -0.3 is 5.11 Å². The fourth-order valence-electron chi connectivity index (χ4n) is 1.98. The van der Waals surface area contributed by atoms with Crippen LogP contribution in [0.4, 0.5) is 0 Å². The molecule has 0 saturated heterocycles. The van der Waals surface area contributed by atoms with E-state index < -0.39 is 5.97 Å². The van der Waals surface area contributed by atoms with Crippen molar-refractivity contribution in [3.8, 4) is 0 Å². The number of nitrogens with zero attached hydrogens (tertiary/aromatic N) is 3. The second-order valence-electron chi connectivity index (χ2n) is 4.33. The smallest absolute Gasteiger partial charge is 0.346 e. The molecule has 0 fully saturated rings. The number of aromatic nitrogens is 3. The molecule has 3 heterocycles. The number of carboxylic acid groups (broad SMARTS) is 1. The van der Waals surface area contributed by atoms with Gasteiger partial charge in [-0.25, -0.2) is 14.8 Å². The van der Waals surface area contributed by atoms with Crippen molar-refractivity contribution in [2.75, 3.05) is 0 Å². The average molecular weight is 317 g/mol. The van der Waals surface area contributed by atoms with Gasteiger partial charge in [-0.1, -0.05) is 17.8 Å². The molecule has 0 aliphatic heterocycles. The highest BCUT2D eigenvalue weighted by Gasteiger charge is 2.18. The summed E-state index contributed by atoms with van der Waals surface area (Å²) in [4.78, 5) is 25.0. The molecule has 0 atom stereocenters. The first-order chi connectivity index (χ1) is 10.2. The van der Waals surface area contributed by atoms with Gasteiger partial charge in [0.05, 0.1) is 5.69 Å². The minimum Gasteiger partial charge on any atom is -0.477 e. The van der Waals surface area contributed by atoms with Crippen LogP contribution in [0.3, 0.4) is 0 Å². The summed E-state index contributed by atoms with van der Waals surface area (Å²) < 4.78 is 0. The number of carbonyl (C=O) groups is 1. The van der Waals surface area contributed by atoms with Gasteiger partial charge in [-0.15, -0.1) is 11.3 Å². The molecular weight excluding hydrogens is 306 g/mol. The van der Waals surface area contributed by atoms with Crippen LogP contribution in [0.2, 0.25) is 0 Å². The zero-order valence-corrected chi connectivity index (χ0v) is 12.7. The quantitative estimate of drug-likeness (QED) is 0.587. The second kappa shape index (κ2) is 5.79. The minimum absolute atomic E-state index is 0.324. The summed E-state index contributed by atoms with van der Waals surface area (Å²) in [5.74, 6) is -0.235. The molecule has 3 aromatic rings. The molecule has 106 valence electrons. The normalized spacial score (nSPS) is 10.9. The Morgan fingerprint density at radius 3 is 2.90 bits per heavy atom. The lowest BCUT2D eigenvalue weighted by Crippen LogP contribution is -1.94. The van der Waals surface area contributed by atoms with Gasteiger partial charge in [0.15, 0.2) is 0 Å². The van der Waals surface area contributed by atoms with Crippen molar-refractivity contribution >= 4 is 39.3 Å². The summed E-state index contributed by atoms with van der Waals surface area (Å²) in [5.41, 5.74) is 1.69. The number of aromatic carboxylic acids is 1. The summed E-state index contributed by atoms with van der Waals surface area (Å²) in [6, 6.07) is 5.77. The Balaban J connectivity index is 1.97. The largest absolute Gasteiger partial charge is 0.477 e. The van der Waals surface area contributed by atoms with Crippen molar-refractivity contribution in [2.24, 2.45) is 0 Å². The maximum absolute atomic E-state index is 11.2. The molecule has 5 nitrogen and oxygen atoms in total. The summed E-state index contributed by atoms with van der Waals surface area (Å²) in [7, 11) is 0. The molecule has 0 spiro atoms. The van der Waals surface area contributed by atoms with Crippen LogP contribution in [0.25, 0.3) is 10.2 Å². The van der Waals surface area contributed by atoms with E-state index in [-0.39, 0.29) is 0 Å². The maximum Gasteiger partial charge on any atom is 0.346 e. The number of thioether (sulfide) groups is 1. The number of carboxylic acids is 1. The summed E-state index contributed by atoms with van der Waals surface area (Å²) in [5, 5.41) is 10.8. The first-order valence-electron chi connectivity index (χ1n) is 6.17. The number of hydrogen-bond donors (Lipinski definition) is 1. The van der Waals surface area contributed by atoms with Crippen molar-refractivity contribution in [2.45, 2.75) is 17.7 Å². The van der Waals surface area contributed by atoms with Crippen LogP contribution in [0.1, 0.15) is 20.9 Å². The molecule has 0 amide bonds. The lowest BCUT2D eigenvalue weighted by molar-refractivity contribution is 0.0701. The van der Waals surface area contributed by atoms with E-state index in [9.17, 15) is 9.90 Å². The lowest BCUT2D eigenvalue weighted by Gasteiger charge is -2.02. The molecule has 1 N–H and O–H groups in total. The molecule has 0 radical (unpaired) electrons. The molecule has 0 saturated carbocycles. The Labute approximate surface area is 129 Å². The molecule has 0 unspecified atom stereocenters. The van der Waals surface area contributed by atoms with Gasteiger partial charge in [-0.3, -0.25) is 4.98 Å². The van der Waals surface area contributed by atoms with Crippen LogP contribution < -0.4 is 0 Å². The predicted molar refractivity (Wildman–Crippen MR) is 82.9 cm³/mol. The number of aryl methyl sites for hydroxylation is 1. The number of pyridine rings is 1. The molecular formula is C14H11N3O2S2. The monoisotopic (exact) mass is 317 g/mol. The molecule has 21 heavy (non-hydrogen) atoms. The van der Waals surface area contributed by atoms with Crippen LogP contribution in [-0.4, -0.2) is 26.0 Å². The fourth-order valence-corrected chi connectivity index (χ4v) is 4.00. The lowest BCUT2D eigenvalue weighted by atomic mass is 10.2. The van der Waals surface area contributed by atoms with Crippen LogP contribution in [-0.2, 0) is 5.75 Å². The van der Waals surface area contributed by atoms with E-state index in [4.69, 9.17) is 0 Å². The van der Waals surface area contributed by atoms with Crippen molar-refractivity contribution in [1.29, 1.82) is 0 Å². The Hall–Kier alpha value is -1.99. The van der Waals surface area contributed by atoms with E-state index in [1.54, 1.807) is 24.9 Å². The SMILES string of the molecule is Cc1c(C(=O)O)sc2ncnc(SCc3ccccn3)c12. The third kappa shape index (κ3) is 2.74. The van der Waals surface area contributed by atoms with Gasteiger partial charge in [0.25, 0.3) is 0 Å². The van der Waals surface area contributed by atoms with Crippen molar-refractivity contribution in [3.63, 3.8) is 0 Å². The molecule has 0 bridgehead atoms. The van der Waals surface area contributed by atoms with Crippen LogP contribution in [0, 0.1) is 6.92 Å². The molecule has 0 aliphatic rings. The molecule has 3 rings (SSSR count). The number of hydrogen-bond acceptors (Lipinski definition) is 6. The zero-order chi connectivity index (χ0) is 14.8. The van der Waals surface area contributed by atoms with E-state index >= 15 is 0 Å². The topological polar surface area (TPSA) is 76.0 Å². The fraction of sp³-hybridized carbons (Fsp3) is 0.143. The number of thiophene rings is 1. The average Bonchev–Trinajstić information content (AvgIpc) is 2.84. The number of fused-ring (bicyclic) bond motifs is 1. The Bertz CT molecular complexity index is 803. The minimum atomic E-state index is -0.920. The van der Waals surface area contributed by atoms with Crippen molar-refractivity contribution in [3.05, 3.63) is 46.9 Å². The van der Waals surface area contributed by atoms with Gasteiger partial charge in [0.1, 0.15) is 21.1 Å². The molecule has 3 aromatic heterocycles. The third-order valence-electron chi connectivity index (χ3n) is 2.97. The van der Waals surface area contributed by atoms with Gasteiger partial charge in [0, 0.05) is 17.3 Å². The van der Waals surface area contributed by atoms with Gasteiger partial charge in [-0.2, -0.15) is 0 Å². The van der Waals surface area contributed by atoms with E-state index in [1.807, 2.05) is 18.2 Å². The summed E-state index contributed by atoms with van der Waals surface area (Å²) >= 11 is 2.73. The summed E-state index contributed by atoms with van der Waals surface area (Å²) in [6.45, 7) is 1.80. The van der Waals surface area contributed by atoms with Crippen LogP contribution >= 0.6 is 23.1 Å². The van der Waals surface area contributed by atoms with Gasteiger partial charge in [0.2, 0.25) is 0 Å². The van der Waals surface area contributed by atoms with Crippen LogP contribution in [0.15, 0.2) is 35.7 Å². The molecule has 0 aromatic carbocycles. The maximum atomic E-state index is 11.2. The molecule has 7 heteroatoms. The van der Waals surface area contributed by atoms with Gasteiger partial charge in [-0.05, 0) is 24.6 Å². The highest BCUT2D eigenvalue weighted by atomic mass is 32.2. The third-order valence-corrected chi connectivity index (χ3v) is 5.18. The highest BCUT2D eigenvalue weighted by molar-refractivity contribution is 7.98. The van der Waals surface area contributed by atoms with Gasteiger partial charge >= 0.3 is 5.97 Å². The Morgan fingerprint density at radius 2 is 2.19 bits per heavy atom. The predicted octanol–water partition coefficient (Wildman–Crippen LogP) is 3.39. The van der Waals surface area contributed by atoms with E-state index in [1.165, 1.54) is 17.7 Å². The summed E-state index contributed by atoms with van der Waals surface area (Å²) in [6.07, 6.45) is 3.23. The molecule has 0 aliphatic carbocycles. The first kappa shape index (κ1) is 14.0. The highest BCUT2D eigenvalue weighted by Crippen LogP contribution is 2.35. The number of rotatable bonds is 4. The first-order valence-corrected chi connectivity index (χ1v) is 7.97. The second-order valence-corrected chi connectivity index (χ2v) is 6.29. The van der Waals surface area contributed by atoms with Crippen LogP contribution in [0.5, 0.6) is 0 Å². The van der Waals surface area contributed by atoms with E-state index in [2.05, 4.69) is 15.0 Å². The van der Waals surface area contributed by atoms with Crippen molar-refractivity contribution < 1.29 is 9.90 Å².